The molecule has 16 heavy (non-hydrogen) atoms. The average molecular weight is 226 g/mol. The zero-order valence-electron chi connectivity index (χ0n) is 9.93. The highest BCUT2D eigenvalue weighted by Crippen LogP contribution is 2.20. The van der Waals surface area contributed by atoms with Crippen LogP contribution in [-0.4, -0.2) is 34.6 Å². The fourth-order valence-electron chi connectivity index (χ4n) is 1.60. The van der Waals surface area contributed by atoms with Crippen LogP contribution in [-0.2, 0) is 4.79 Å². The summed E-state index contributed by atoms with van der Waals surface area (Å²) in [5, 5.41) is 8.55. The molecule has 5 heteroatoms. The van der Waals surface area contributed by atoms with Crippen molar-refractivity contribution in [3.63, 3.8) is 0 Å². The van der Waals surface area contributed by atoms with Gasteiger partial charge in [-0.1, -0.05) is 0 Å². The summed E-state index contributed by atoms with van der Waals surface area (Å²) in [6, 6.07) is 0.146. The third-order valence-electron chi connectivity index (χ3n) is 2.74. The van der Waals surface area contributed by atoms with Crippen LogP contribution < -0.4 is 0 Å². The number of aromatic nitrogens is 1. The van der Waals surface area contributed by atoms with Crippen molar-refractivity contribution < 1.29 is 14.3 Å². The predicted molar refractivity (Wildman–Crippen MR) is 59.2 cm³/mol. The number of carboxylic acid groups (broad SMARTS) is 1. The molecule has 0 amide bonds. The summed E-state index contributed by atoms with van der Waals surface area (Å²) < 4.78 is 5.15. The molecule has 0 aliphatic rings. The van der Waals surface area contributed by atoms with Crippen LogP contribution in [0.2, 0.25) is 0 Å². The third kappa shape index (κ3) is 3.34. The van der Waals surface area contributed by atoms with E-state index in [4.69, 9.17) is 9.52 Å². The topological polar surface area (TPSA) is 66.6 Å². The van der Waals surface area contributed by atoms with Gasteiger partial charge in [0, 0.05) is 6.42 Å². The van der Waals surface area contributed by atoms with E-state index < -0.39 is 5.97 Å². The molecule has 1 rings (SSSR count). The lowest BCUT2D eigenvalue weighted by Gasteiger charge is -2.23. The van der Waals surface area contributed by atoms with E-state index in [0.717, 1.165) is 18.0 Å². The Hall–Kier alpha value is -1.36. The van der Waals surface area contributed by atoms with Gasteiger partial charge in [-0.05, 0) is 33.9 Å². The first kappa shape index (κ1) is 12.7. The summed E-state index contributed by atoms with van der Waals surface area (Å²) in [4.78, 5) is 16.6. The maximum absolute atomic E-state index is 10.4. The van der Waals surface area contributed by atoms with Crippen LogP contribution in [0.5, 0.6) is 0 Å². The van der Waals surface area contributed by atoms with E-state index in [1.165, 1.54) is 6.39 Å². The van der Waals surface area contributed by atoms with Gasteiger partial charge in [-0.25, -0.2) is 4.98 Å². The van der Waals surface area contributed by atoms with E-state index in [9.17, 15) is 4.79 Å². The van der Waals surface area contributed by atoms with Crippen LogP contribution in [0.4, 0.5) is 0 Å². The molecule has 0 saturated carbocycles. The van der Waals surface area contributed by atoms with Crippen molar-refractivity contribution in [2.24, 2.45) is 0 Å². The minimum atomic E-state index is -0.751. The van der Waals surface area contributed by atoms with Gasteiger partial charge < -0.3 is 9.52 Å². The quantitative estimate of drug-likeness (QED) is 0.801. The normalized spacial score (nSPS) is 13.0. The van der Waals surface area contributed by atoms with E-state index in [0.29, 0.717) is 6.42 Å². The van der Waals surface area contributed by atoms with Gasteiger partial charge in [-0.3, -0.25) is 9.69 Å². The molecule has 1 unspecified atom stereocenters. The van der Waals surface area contributed by atoms with Crippen molar-refractivity contribution >= 4 is 5.97 Å². The van der Waals surface area contributed by atoms with Crippen LogP contribution in [0.3, 0.4) is 0 Å². The first-order valence-corrected chi connectivity index (χ1v) is 5.34. The van der Waals surface area contributed by atoms with Crippen molar-refractivity contribution in [2.45, 2.75) is 32.7 Å². The van der Waals surface area contributed by atoms with E-state index in [1.807, 2.05) is 20.9 Å². The van der Waals surface area contributed by atoms with Gasteiger partial charge >= 0.3 is 5.97 Å². The Morgan fingerprint density at radius 1 is 1.69 bits per heavy atom. The Bertz CT molecular complexity index is 349. The zero-order chi connectivity index (χ0) is 12.1. The Balaban J connectivity index is 2.45. The third-order valence-corrected chi connectivity index (χ3v) is 2.74. The molecule has 1 atom stereocenters. The van der Waals surface area contributed by atoms with Crippen molar-refractivity contribution in [3.05, 3.63) is 17.8 Å². The smallest absolute Gasteiger partial charge is 0.303 e. The van der Waals surface area contributed by atoms with Crippen LogP contribution in [0.25, 0.3) is 0 Å². The summed E-state index contributed by atoms with van der Waals surface area (Å²) in [7, 11) is 1.96. The number of nitrogens with zero attached hydrogens (tertiary/aromatic N) is 2. The number of aryl methyl sites for hydroxylation is 1. The molecule has 0 radical (unpaired) electrons. The Labute approximate surface area is 95.1 Å². The molecule has 0 aliphatic carbocycles. The van der Waals surface area contributed by atoms with E-state index in [-0.39, 0.29) is 12.5 Å². The molecule has 0 saturated heterocycles. The lowest BCUT2D eigenvalue weighted by Crippen LogP contribution is -2.24. The molecule has 90 valence electrons. The number of oxazole rings is 1. The maximum Gasteiger partial charge on any atom is 0.303 e. The molecule has 0 aliphatic heterocycles. The Morgan fingerprint density at radius 3 is 2.88 bits per heavy atom. The lowest BCUT2D eigenvalue weighted by atomic mass is 10.1. The number of carboxylic acids is 1. The zero-order valence-corrected chi connectivity index (χ0v) is 9.93. The van der Waals surface area contributed by atoms with Crippen LogP contribution in [0.15, 0.2) is 10.8 Å². The molecule has 1 N–H and O–H groups in total. The summed E-state index contributed by atoms with van der Waals surface area (Å²) >= 11 is 0. The first-order chi connectivity index (χ1) is 7.52. The van der Waals surface area contributed by atoms with Gasteiger partial charge in [0.05, 0.1) is 11.7 Å². The van der Waals surface area contributed by atoms with Crippen molar-refractivity contribution in [2.75, 3.05) is 13.6 Å². The van der Waals surface area contributed by atoms with Crippen LogP contribution >= 0.6 is 0 Å². The number of hydrogen-bond donors (Lipinski definition) is 1. The van der Waals surface area contributed by atoms with Gasteiger partial charge in [0.1, 0.15) is 5.76 Å². The van der Waals surface area contributed by atoms with E-state index >= 15 is 0 Å². The molecule has 1 heterocycles. The average Bonchev–Trinajstić information content (AvgIpc) is 2.62. The SMILES string of the molecule is Cc1ocnc1C(C)N(C)CCCC(=O)O. The predicted octanol–water partition coefficient (Wildman–Crippen LogP) is 1.84. The van der Waals surface area contributed by atoms with Crippen LogP contribution in [0.1, 0.15) is 37.3 Å². The highest BCUT2D eigenvalue weighted by Gasteiger charge is 2.17. The number of rotatable bonds is 6. The van der Waals surface area contributed by atoms with E-state index in [1.54, 1.807) is 0 Å². The molecule has 1 aromatic rings. The molecular formula is C11H18N2O3. The summed E-state index contributed by atoms with van der Waals surface area (Å²) in [6.45, 7) is 4.65. The second kappa shape index (κ2) is 5.65. The summed E-state index contributed by atoms with van der Waals surface area (Å²) in [5.74, 6) is 0.0660. The fraction of sp³-hybridized carbons (Fsp3) is 0.636. The van der Waals surface area contributed by atoms with Gasteiger partial charge in [0.15, 0.2) is 6.39 Å². The molecule has 0 fully saturated rings. The van der Waals surface area contributed by atoms with Crippen molar-refractivity contribution in [1.29, 1.82) is 0 Å². The molecule has 0 aromatic carbocycles. The summed E-state index contributed by atoms with van der Waals surface area (Å²) in [6.07, 6.45) is 2.29. The minimum Gasteiger partial charge on any atom is -0.481 e. The van der Waals surface area contributed by atoms with E-state index in [2.05, 4.69) is 9.88 Å². The second-order valence-corrected chi connectivity index (χ2v) is 3.95. The minimum absolute atomic E-state index is 0.146. The lowest BCUT2D eigenvalue weighted by molar-refractivity contribution is -0.137. The highest BCUT2D eigenvalue weighted by atomic mass is 16.4. The standard InChI is InChI=1S/C11H18N2O3/c1-8(11-9(2)16-7-12-11)13(3)6-4-5-10(14)15/h7-8H,4-6H2,1-3H3,(H,14,15). The molecule has 0 spiro atoms. The highest BCUT2D eigenvalue weighted by molar-refractivity contribution is 5.66. The maximum atomic E-state index is 10.4. The number of carbonyl (C=O) groups is 1. The van der Waals surface area contributed by atoms with Gasteiger partial charge in [0.2, 0.25) is 0 Å². The monoisotopic (exact) mass is 226 g/mol. The molecule has 0 bridgehead atoms. The van der Waals surface area contributed by atoms with Crippen LogP contribution in [0, 0.1) is 6.92 Å². The second-order valence-electron chi connectivity index (χ2n) is 3.95. The number of hydrogen-bond acceptors (Lipinski definition) is 4. The van der Waals surface area contributed by atoms with Gasteiger partial charge in [0.25, 0.3) is 0 Å². The Morgan fingerprint density at radius 2 is 2.38 bits per heavy atom. The largest absolute Gasteiger partial charge is 0.481 e. The van der Waals surface area contributed by atoms with Gasteiger partial charge in [-0.2, -0.15) is 0 Å². The Kier molecular flexibility index (Phi) is 4.49. The van der Waals surface area contributed by atoms with Crippen molar-refractivity contribution in [1.82, 2.24) is 9.88 Å². The summed E-state index contributed by atoms with van der Waals surface area (Å²) in [5.41, 5.74) is 0.915. The number of aliphatic carboxylic acids is 1. The molecule has 5 nitrogen and oxygen atoms in total. The molecular weight excluding hydrogens is 208 g/mol. The first-order valence-electron chi connectivity index (χ1n) is 5.34. The fourth-order valence-corrected chi connectivity index (χ4v) is 1.60. The van der Waals surface area contributed by atoms with Crippen molar-refractivity contribution in [3.8, 4) is 0 Å². The molecule has 1 aromatic heterocycles. The van der Waals surface area contributed by atoms with Gasteiger partial charge in [-0.15, -0.1) is 0 Å².